The number of benzene rings is 1. The average Bonchev–Trinajstić information content (AvgIpc) is 3.39. The molecule has 1 aliphatic rings. The topological polar surface area (TPSA) is 112 Å². The molecule has 3 N–H and O–H groups in total. The minimum absolute atomic E-state index is 0.105. The molecule has 3 aromatic rings. The van der Waals surface area contributed by atoms with Crippen molar-refractivity contribution in [3.8, 4) is 5.75 Å². The zero-order valence-electron chi connectivity index (χ0n) is 20.1. The summed E-state index contributed by atoms with van der Waals surface area (Å²) in [6.07, 6.45) is 2.28. The number of nitrogens with one attached hydrogen (secondary N) is 1. The molecule has 2 aromatic heterocycles. The van der Waals surface area contributed by atoms with Gasteiger partial charge in [0.15, 0.2) is 17.1 Å². The van der Waals surface area contributed by atoms with Crippen molar-refractivity contribution in [3.05, 3.63) is 50.1 Å². The second kappa shape index (κ2) is 11.4. The van der Waals surface area contributed by atoms with Gasteiger partial charge in [-0.25, -0.2) is 0 Å². The van der Waals surface area contributed by atoms with Crippen molar-refractivity contribution in [2.75, 3.05) is 11.1 Å². The van der Waals surface area contributed by atoms with E-state index in [4.69, 9.17) is 33.7 Å². The number of carbonyl (C=O) groups is 2. The molecular weight excluding hydrogens is 541 g/mol. The van der Waals surface area contributed by atoms with Crippen LogP contribution in [0, 0.1) is 5.92 Å². The van der Waals surface area contributed by atoms with E-state index in [0.717, 1.165) is 29.7 Å². The monoisotopic (exact) mass is 567 g/mol. The molecule has 12 heteroatoms. The van der Waals surface area contributed by atoms with Crippen LogP contribution in [0.2, 0.25) is 10.0 Å². The zero-order chi connectivity index (χ0) is 26.0. The number of nitrogens with two attached hydrogens (primary N) is 1. The van der Waals surface area contributed by atoms with Crippen molar-refractivity contribution in [3.63, 3.8) is 0 Å². The number of primary amides is 1. The van der Waals surface area contributed by atoms with E-state index in [2.05, 4.69) is 22.4 Å². The third kappa shape index (κ3) is 5.82. The Morgan fingerprint density at radius 1 is 1.36 bits per heavy atom. The Morgan fingerprint density at radius 2 is 2.14 bits per heavy atom. The largest absolute Gasteiger partial charge is 0.481 e. The molecule has 4 rings (SSSR count). The van der Waals surface area contributed by atoms with E-state index in [-0.39, 0.29) is 11.7 Å². The lowest BCUT2D eigenvalue weighted by Gasteiger charge is -2.18. The molecule has 1 aromatic carbocycles. The number of anilines is 1. The van der Waals surface area contributed by atoms with Gasteiger partial charge in [-0.2, -0.15) is 0 Å². The van der Waals surface area contributed by atoms with Crippen molar-refractivity contribution >= 4 is 63.1 Å². The summed E-state index contributed by atoms with van der Waals surface area (Å²) in [6, 6.07) is 5.02. The molecule has 2 unspecified atom stereocenters. The SMILES string of the molecule is CCn1c(SCC(=O)Nc2sc3c(c2C(N)=O)CCC(C)C3)nnc1C(C)Oc1ccc(Cl)cc1Cl. The molecule has 0 spiro atoms. The molecule has 2 heterocycles. The standard InChI is InChI=1S/C24H27Cl2N5O3S2/c1-4-31-22(13(3)34-17-8-6-14(25)10-16(17)26)29-30-24(31)35-11-19(32)28-23-20(21(27)33)15-7-5-12(2)9-18(15)36-23/h6,8,10,12-13H,4-5,7,9,11H2,1-3H3,(H2,27,33)(H,28,32). The molecule has 8 nitrogen and oxygen atoms in total. The van der Waals surface area contributed by atoms with Crippen LogP contribution in [0.15, 0.2) is 23.4 Å². The zero-order valence-corrected chi connectivity index (χ0v) is 23.3. The first-order valence-electron chi connectivity index (χ1n) is 11.6. The van der Waals surface area contributed by atoms with Gasteiger partial charge >= 0.3 is 0 Å². The molecule has 0 saturated carbocycles. The number of carbonyl (C=O) groups excluding carboxylic acids is 2. The lowest BCUT2D eigenvalue weighted by Crippen LogP contribution is -2.20. The van der Waals surface area contributed by atoms with E-state index in [1.807, 2.05) is 18.4 Å². The van der Waals surface area contributed by atoms with Crippen LogP contribution in [0.3, 0.4) is 0 Å². The van der Waals surface area contributed by atoms with E-state index in [1.54, 1.807) is 18.2 Å². The van der Waals surface area contributed by atoms with Crippen molar-refractivity contribution < 1.29 is 14.3 Å². The van der Waals surface area contributed by atoms with Gasteiger partial charge in [0.2, 0.25) is 5.91 Å². The highest BCUT2D eigenvalue weighted by Crippen LogP contribution is 2.39. The number of ether oxygens (including phenoxy) is 1. The first-order chi connectivity index (χ1) is 17.2. The quantitative estimate of drug-likeness (QED) is 0.318. The molecule has 1 aliphatic carbocycles. The van der Waals surface area contributed by atoms with Crippen molar-refractivity contribution in [2.45, 2.75) is 57.8 Å². The smallest absolute Gasteiger partial charge is 0.251 e. The summed E-state index contributed by atoms with van der Waals surface area (Å²) in [4.78, 5) is 26.1. The van der Waals surface area contributed by atoms with Gasteiger partial charge in [-0.1, -0.05) is 41.9 Å². The van der Waals surface area contributed by atoms with Gasteiger partial charge in [0.25, 0.3) is 5.91 Å². The number of nitrogens with zero attached hydrogens (tertiary/aromatic N) is 3. The van der Waals surface area contributed by atoms with Gasteiger partial charge in [-0.15, -0.1) is 21.5 Å². The van der Waals surface area contributed by atoms with Gasteiger partial charge in [-0.3, -0.25) is 9.59 Å². The summed E-state index contributed by atoms with van der Waals surface area (Å²) in [5, 5.41) is 13.5. The van der Waals surface area contributed by atoms with E-state index >= 15 is 0 Å². The Morgan fingerprint density at radius 3 is 2.83 bits per heavy atom. The van der Waals surface area contributed by atoms with Crippen LogP contribution in [-0.4, -0.2) is 32.3 Å². The Bertz CT molecular complexity index is 1290. The second-order valence-electron chi connectivity index (χ2n) is 8.68. The van der Waals surface area contributed by atoms with Crippen molar-refractivity contribution in [1.29, 1.82) is 0 Å². The molecule has 0 aliphatic heterocycles. The fourth-order valence-corrected chi connectivity index (χ4v) is 6.91. The lowest BCUT2D eigenvalue weighted by molar-refractivity contribution is -0.113. The Hall–Kier alpha value is -2.27. The normalized spacial score (nSPS) is 15.9. The molecule has 36 heavy (non-hydrogen) atoms. The van der Waals surface area contributed by atoms with Gasteiger partial charge in [0.1, 0.15) is 10.8 Å². The van der Waals surface area contributed by atoms with Crippen molar-refractivity contribution in [1.82, 2.24) is 14.8 Å². The molecule has 192 valence electrons. The second-order valence-corrected chi connectivity index (χ2v) is 11.6. The number of thioether (sulfide) groups is 1. The first kappa shape index (κ1) is 26.8. The summed E-state index contributed by atoms with van der Waals surface area (Å²) in [5.41, 5.74) is 7.10. The highest BCUT2D eigenvalue weighted by molar-refractivity contribution is 7.99. The Kier molecular flexibility index (Phi) is 8.49. The molecule has 2 amide bonds. The van der Waals surface area contributed by atoms with E-state index in [1.165, 1.54) is 23.1 Å². The number of halogens is 2. The maximum Gasteiger partial charge on any atom is 0.251 e. The molecule has 0 bridgehead atoms. The fraction of sp³-hybridized carbons (Fsp3) is 0.417. The number of hydrogen-bond donors (Lipinski definition) is 2. The number of rotatable bonds is 9. The molecule has 0 saturated heterocycles. The minimum Gasteiger partial charge on any atom is -0.481 e. The van der Waals surface area contributed by atoms with Gasteiger partial charge in [-0.05, 0) is 62.8 Å². The van der Waals surface area contributed by atoms with E-state index in [9.17, 15) is 9.59 Å². The minimum atomic E-state index is -0.504. The summed E-state index contributed by atoms with van der Waals surface area (Å²) >= 11 is 14.9. The highest BCUT2D eigenvalue weighted by Gasteiger charge is 2.27. The van der Waals surface area contributed by atoms with E-state index < -0.39 is 12.0 Å². The molecule has 0 fully saturated rings. The Labute approximate surface area is 227 Å². The van der Waals surface area contributed by atoms with Crippen LogP contribution in [0.5, 0.6) is 5.75 Å². The van der Waals surface area contributed by atoms with Crippen LogP contribution in [0.25, 0.3) is 0 Å². The van der Waals surface area contributed by atoms with Crippen LogP contribution in [-0.2, 0) is 24.2 Å². The fourth-order valence-electron chi connectivity index (χ4n) is 4.21. The van der Waals surface area contributed by atoms with E-state index in [0.29, 0.717) is 49.8 Å². The predicted octanol–water partition coefficient (Wildman–Crippen LogP) is 5.76. The third-order valence-corrected chi connectivity index (χ3v) is 8.63. The van der Waals surface area contributed by atoms with Crippen molar-refractivity contribution in [2.24, 2.45) is 11.7 Å². The molecular formula is C24H27Cl2N5O3S2. The van der Waals surface area contributed by atoms with Crippen LogP contribution >= 0.6 is 46.3 Å². The van der Waals surface area contributed by atoms with Crippen LogP contribution in [0.1, 0.15) is 59.9 Å². The maximum atomic E-state index is 12.8. The number of amides is 2. The highest BCUT2D eigenvalue weighted by atomic mass is 35.5. The molecule has 2 atom stereocenters. The van der Waals surface area contributed by atoms with Gasteiger partial charge in [0, 0.05) is 16.4 Å². The average molecular weight is 569 g/mol. The predicted molar refractivity (Wildman–Crippen MR) is 145 cm³/mol. The number of fused-ring (bicyclic) bond motifs is 1. The Balaban J connectivity index is 1.43. The number of thiophene rings is 1. The maximum absolute atomic E-state index is 12.8. The molecule has 0 radical (unpaired) electrons. The van der Waals surface area contributed by atoms with Gasteiger partial charge < -0.3 is 20.4 Å². The number of aromatic nitrogens is 3. The summed E-state index contributed by atoms with van der Waals surface area (Å²) in [6.45, 7) is 6.61. The van der Waals surface area contributed by atoms with Crippen LogP contribution < -0.4 is 15.8 Å². The summed E-state index contributed by atoms with van der Waals surface area (Å²) in [7, 11) is 0. The third-order valence-electron chi connectivity index (χ3n) is 5.97. The number of hydrogen-bond acceptors (Lipinski definition) is 7. The summed E-state index contributed by atoms with van der Waals surface area (Å²) in [5.74, 6) is 1.02. The van der Waals surface area contributed by atoms with Gasteiger partial charge in [0.05, 0.1) is 16.3 Å². The summed E-state index contributed by atoms with van der Waals surface area (Å²) < 4.78 is 7.88. The van der Waals surface area contributed by atoms with Crippen LogP contribution in [0.4, 0.5) is 5.00 Å². The lowest BCUT2D eigenvalue weighted by atomic mass is 9.88. The first-order valence-corrected chi connectivity index (χ1v) is 14.2.